The molecule has 7 heteroatoms. The van der Waals surface area contributed by atoms with Gasteiger partial charge in [-0.25, -0.2) is 0 Å². The second-order valence-electron chi connectivity index (χ2n) is 5.93. The van der Waals surface area contributed by atoms with E-state index < -0.39 is 11.8 Å². The van der Waals surface area contributed by atoms with Crippen LogP contribution in [0.25, 0.3) is 0 Å². The Hall–Kier alpha value is -4.00. The fourth-order valence-electron chi connectivity index (χ4n) is 2.52. The molecule has 3 aromatic rings. The van der Waals surface area contributed by atoms with Gasteiger partial charge < -0.3 is 9.84 Å². The second-order valence-corrected chi connectivity index (χ2v) is 5.93. The number of imide groups is 1. The summed E-state index contributed by atoms with van der Waals surface area (Å²) in [4.78, 5) is 29.7. The number of amides is 2. The molecule has 3 rings (SSSR count). The van der Waals surface area contributed by atoms with Crippen LogP contribution in [0, 0.1) is 0 Å². The predicted octanol–water partition coefficient (Wildman–Crippen LogP) is 3.50. The molecule has 2 amide bonds. The molecule has 1 aromatic heterocycles. The van der Waals surface area contributed by atoms with Crippen LogP contribution in [0.4, 0.5) is 0 Å². The first kappa shape index (κ1) is 19.8. The number of ether oxygens (including phenoxy) is 1. The van der Waals surface area contributed by atoms with E-state index in [0.29, 0.717) is 17.7 Å². The summed E-state index contributed by atoms with van der Waals surface area (Å²) in [7, 11) is 0. The fraction of sp³-hybridized carbons (Fsp3) is 0.0909. The van der Waals surface area contributed by atoms with Crippen molar-refractivity contribution in [3.63, 3.8) is 0 Å². The number of pyridine rings is 1. The van der Waals surface area contributed by atoms with Gasteiger partial charge in [0.25, 0.3) is 11.8 Å². The Morgan fingerprint density at radius 1 is 1.03 bits per heavy atom. The molecule has 1 N–H and O–H groups in total. The van der Waals surface area contributed by atoms with Crippen LogP contribution in [0.1, 0.15) is 33.2 Å². The highest BCUT2D eigenvalue weighted by molar-refractivity contribution is 6.10. The number of phenols is 1. The largest absolute Gasteiger partial charge is 0.504 e. The van der Waals surface area contributed by atoms with Crippen molar-refractivity contribution in [1.29, 1.82) is 0 Å². The molecule has 0 bridgehead atoms. The lowest BCUT2D eigenvalue weighted by Crippen LogP contribution is -2.32. The highest BCUT2D eigenvalue weighted by atomic mass is 16.5. The molecular formula is C22H19N3O4. The van der Waals surface area contributed by atoms with Gasteiger partial charge in [-0.2, -0.15) is 10.1 Å². The lowest BCUT2D eigenvalue weighted by molar-refractivity contribution is 0.0621. The summed E-state index contributed by atoms with van der Waals surface area (Å²) in [6.07, 6.45) is 4.30. The molecule has 1 heterocycles. The van der Waals surface area contributed by atoms with E-state index in [1.165, 1.54) is 36.8 Å². The van der Waals surface area contributed by atoms with E-state index >= 15 is 0 Å². The number of hydrazone groups is 1. The van der Waals surface area contributed by atoms with Gasteiger partial charge in [-0.15, -0.1) is 0 Å². The van der Waals surface area contributed by atoms with E-state index in [2.05, 4.69) is 10.1 Å². The SMILES string of the molecule is CCOc1cc(/C=N/N(C(=O)c2ccccc2)C(=O)c2ccncc2)ccc1O. The molecule has 0 aliphatic heterocycles. The maximum absolute atomic E-state index is 12.9. The topological polar surface area (TPSA) is 92.1 Å². The van der Waals surface area contributed by atoms with Crippen molar-refractivity contribution in [2.75, 3.05) is 6.61 Å². The fourth-order valence-corrected chi connectivity index (χ4v) is 2.52. The maximum atomic E-state index is 12.9. The third-order valence-electron chi connectivity index (χ3n) is 3.94. The van der Waals surface area contributed by atoms with Crippen LogP contribution in [-0.4, -0.2) is 39.7 Å². The monoisotopic (exact) mass is 389 g/mol. The lowest BCUT2D eigenvalue weighted by Gasteiger charge is -2.15. The Morgan fingerprint density at radius 2 is 1.69 bits per heavy atom. The number of nitrogens with zero attached hydrogens (tertiary/aromatic N) is 3. The number of aromatic hydroxyl groups is 1. The van der Waals surface area contributed by atoms with E-state index in [1.807, 2.05) is 0 Å². The number of phenolic OH excluding ortho intramolecular Hbond substituents is 1. The minimum Gasteiger partial charge on any atom is -0.504 e. The second kappa shape index (κ2) is 9.27. The summed E-state index contributed by atoms with van der Waals surface area (Å²) in [6.45, 7) is 2.18. The number of carbonyl (C=O) groups excluding carboxylic acids is 2. The molecule has 2 aromatic carbocycles. The number of hydrogen-bond donors (Lipinski definition) is 1. The molecule has 0 unspecified atom stereocenters. The van der Waals surface area contributed by atoms with Gasteiger partial charge in [0, 0.05) is 23.5 Å². The highest BCUT2D eigenvalue weighted by Crippen LogP contribution is 2.26. The van der Waals surface area contributed by atoms with Gasteiger partial charge in [0.2, 0.25) is 0 Å². The van der Waals surface area contributed by atoms with E-state index in [9.17, 15) is 14.7 Å². The highest BCUT2D eigenvalue weighted by Gasteiger charge is 2.23. The summed E-state index contributed by atoms with van der Waals surface area (Å²) in [6, 6.07) is 16.1. The van der Waals surface area contributed by atoms with Gasteiger partial charge >= 0.3 is 0 Å². The minimum atomic E-state index is -0.582. The van der Waals surface area contributed by atoms with Crippen LogP contribution < -0.4 is 4.74 Å². The third kappa shape index (κ3) is 4.84. The molecule has 0 spiro atoms. The van der Waals surface area contributed by atoms with E-state index in [1.54, 1.807) is 49.4 Å². The maximum Gasteiger partial charge on any atom is 0.281 e. The van der Waals surface area contributed by atoms with E-state index in [-0.39, 0.29) is 17.1 Å². The van der Waals surface area contributed by atoms with Crippen molar-refractivity contribution < 1.29 is 19.4 Å². The smallest absolute Gasteiger partial charge is 0.281 e. The number of carbonyl (C=O) groups is 2. The Kier molecular flexibility index (Phi) is 6.32. The average molecular weight is 389 g/mol. The van der Waals surface area contributed by atoms with Crippen molar-refractivity contribution >= 4 is 18.0 Å². The minimum absolute atomic E-state index is 0.00548. The zero-order chi connectivity index (χ0) is 20.6. The summed E-state index contributed by atoms with van der Waals surface area (Å²) >= 11 is 0. The van der Waals surface area contributed by atoms with Crippen molar-refractivity contribution in [2.45, 2.75) is 6.92 Å². The van der Waals surface area contributed by atoms with Gasteiger partial charge in [0.1, 0.15) is 0 Å². The Morgan fingerprint density at radius 3 is 2.34 bits per heavy atom. The van der Waals surface area contributed by atoms with Gasteiger partial charge in [0.05, 0.1) is 12.8 Å². The van der Waals surface area contributed by atoms with Crippen LogP contribution in [0.5, 0.6) is 11.5 Å². The standard InChI is InChI=1S/C22H19N3O4/c1-2-29-20-14-16(8-9-19(20)26)15-24-25(21(27)17-6-4-3-5-7-17)22(28)18-10-12-23-13-11-18/h3-15,26H,2H2,1H3/b24-15+. The predicted molar refractivity (Wildman–Crippen MR) is 108 cm³/mol. The Bertz CT molecular complexity index is 969. The quantitative estimate of drug-likeness (QED) is 0.396. The zero-order valence-corrected chi connectivity index (χ0v) is 15.7. The molecule has 0 saturated heterocycles. The molecule has 7 nitrogen and oxygen atoms in total. The first-order valence-electron chi connectivity index (χ1n) is 8.93. The summed E-state index contributed by atoms with van der Waals surface area (Å²) in [5.41, 5.74) is 1.16. The summed E-state index contributed by atoms with van der Waals surface area (Å²) < 4.78 is 5.35. The van der Waals surface area contributed by atoms with Crippen molar-refractivity contribution in [2.24, 2.45) is 5.10 Å². The van der Waals surface area contributed by atoms with Gasteiger partial charge in [-0.05, 0) is 55.0 Å². The van der Waals surface area contributed by atoms with Crippen LogP contribution in [0.3, 0.4) is 0 Å². The van der Waals surface area contributed by atoms with Crippen molar-refractivity contribution in [3.8, 4) is 11.5 Å². The number of rotatable bonds is 6. The number of hydrogen-bond acceptors (Lipinski definition) is 6. The molecule has 0 radical (unpaired) electrons. The molecule has 0 atom stereocenters. The van der Waals surface area contributed by atoms with Crippen LogP contribution in [-0.2, 0) is 0 Å². The van der Waals surface area contributed by atoms with Crippen LogP contribution in [0.2, 0.25) is 0 Å². The van der Waals surface area contributed by atoms with Gasteiger partial charge in [0.15, 0.2) is 11.5 Å². The lowest BCUT2D eigenvalue weighted by atomic mass is 10.2. The van der Waals surface area contributed by atoms with Crippen molar-refractivity contribution in [1.82, 2.24) is 9.99 Å². The summed E-state index contributed by atoms with van der Waals surface area (Å²) in [5.74, 6) is -0.860. The van der Waals surface area contributed by atoms with Crippen LogP contribution >= 0.6 is 0 Å². The molecular weight excluding hydrogens is 370 g/mol. The van der Waals surface area contributed by atoms with E-state index in [4.69, 9.17) is 4.74 Å². The normalized spacial score (nSPS) is 10.7. The number of aromatic nitrogens is 1. The molecule has 0 aliphatic rings. The Labute approximate surface area is 167 Å². The molecule has 0 aliphatic carbocycles. The zero-order valence-electron chi connectivity index (χ0n) is 15.7. The number of benzene rings is 2. The van der Waals surface area contributed by atoms with Crippen molar-refractivity contribution in [3.05, 3.63) is 89.7 Å². The Balaban J connectivity index is 1.95. The third-order valence-corrected chi connectivity index (χ3v) is 3.94. The van der Waals surface area contributed by atoms with Gasteiger partial charge in [-0.3, -0.25) is 14.6 Å². The molecule has 0 saturated carbocycles. The first-order valence-corrected chi connectivity index (χ1v) is 8.93. The molecule has 146 valence electrons. The average Bonchev–Trinajstić information content (AvgIpc) is 2.77. The molecule has 29 heavy (non-hydrogen) atoms. The summed E-state index contributed by atoms with van der Waals surface area (Å²) in [5, 5.41) is 14.8. The van der Waals surface area contributed by atoms with E-state index in [0.717, 1.165) is 5.01 Å². The van der Waals surface area contributed by atoms with Crippen LogP contribution in [0.15, 0.2) is 78.2 Å². The van der Waals surface area contributed by atoms with Gasteiger partial charge in [-0.1, -0.05) is 18.2 Å². The molecule has 0 fully saturated rings. The first-order chi connectivity index (χ1) is 14.1.